The number of aliphatic imine (C=N–C) groups is 1. The second kappa shape index (κ2) is 6.90. The fourth-order valence-electron chi connectivity index (χ4n) is 2.49. The Bertz CT molecular complexity index is 671. The summed E-state index contributed by atoms with van der Waals surface area (Å²) in [6.45, 7) is 8.80. The molecule has 0 aliphatic carbocycles. The zero-order chi connectivity index (χ0) is 19.0. The van der Waals surface area contributed by atoms with E-state index in [1.165, 1.54) is 17.0 Å². The van der Waals surface area contributed by atoms with Crippen molar-refractivity contribution in [3.05, 3.63) is 35.4 Å². The first-order valence-corrected chi connectivity index (χ1v) is 8.81. The lowest BCUT2D eigenvalue weighted by atomic mass is 10.0. The van der Waals surface area contributed by atoms with Gasteiger partial charge in [-0.1, -0.05) is 29.8 Å². The molecule has 25 heavy (non-hydrogen) atoms. The van der Waals surface area contributed by atoms with Crippen LogP contribution in [0, 0.1) is 6.92 Å². The van der Waals surface area contributed by atoms with E-state index in [1.54, 1.807) is 46.8 Å². The molecule has 0 radical (unpaired) electrons. The van der Waals surface area contributed by atoms with Crippen molar-refractivity contribution in [1.29, 1.82) is 0 Å². The minimum Gasteiger partial charge on any atom is -0.311 e. The van der Waals surface area contributed by atoms with Crippen LogP contribution in [0.2, 0.25) is 0 Å². The third-order valence-corrected chi connectivity index (χ3v) is 5.05. The van der Waals surface area contributed by atoms with Gasteiger partial charge >= 0.3 is 12.2 Å². The molecule has 1 aliphatic rings. The number of hydrogen-bond donors (Lipinski definition) is 1. The Morgan fingerprint density at radius 1 is 1.16 bits per heavy atom. The summed E-state index contributed by atoms with van der Waals surface area (Å²) in [5, 5.41) is 2.26. The van der Waals surface area contributed by atoms with Crippen LogP contribution in [0.4, 0.5) is 18.0 Å². The number of alkyl halides is 3. The monoisotopic (exact) mass is 373 g/mol. The maximum absolute atomic E-state index is 14.1. The molecule has 1 fully saturated rings. The number of nitrogens with zero attached hydrogens (tertiary/aromatic N) is 2. The van der Waals surface area contributed by atoms with E-state index >= 15 is 0 Å². The van der Waals surface area contributed by atoms with Gasteiger partial charge in [-0.2, -0.15) is 13.2 Å². The summed E-state index contributed by atoms with van der Waals surface area (Å²) in [6, 6.07) is 4.65. The maximum atomic E-state index is 14.1. The maximum Gasteiger partial charge on any atom is 0.425 e. The van der Waals surface area contributed by atoms with Gasteiger partial charge in [-0.05, 0) is 51.9 Å². The van der Waals surface area contributed by atoms with Crippen molar-refractivity contribution in [3.8, 4) is 0 Å². The molecule has 0 aromatic heterocycles. The van der Waals surface area contributed by atoms with Crippen molar-refractivity contribution < 1.29 is 18.0 Å². The van der Waals surface area contributed by atoms with Crippen LogP contribution in [0.1, 0.15) is 38.8 Å². The van der Waals surface area contributed by atoms with E-state index in [0.29, 0.717) is 11.8 Å². The van der Waals surface area contributed by atoms with E-state index in [1.807, 2.05) is 0 Å². The molecule has 0 saturated carbocycles. The van der Waals surface area contributed by atoms with Gasteiger partial charge in [-0.3, -0.25) is 9.89 Å². The average Bonchev–Trinajstić information content (AvgIpc) is 2.44. The SMILES string of the molecule is Cc1ccc([C@@]2(C(F)(F)F)NC(=O)N(C(C)C)C(=NC(C)C)S2)cc1. The highest BCUT2D eigenvalue weighted by Crippen LogP contribution is 2.50. The predicted octanol–water partition coefficient (Wildman–Crippen LogP) is 4.64. The number of rotatable bonds is 3. The van der Waals surface area contributed by atoms with Gasteiger partial charge in [0.2, 0.25) is 4.87 Å². The van der Waals surface area contributed by atoms with Gasteiger partial charge in [0, 0.05) is 12.1 Å². The van der Waals surface area contributed by atoms with Crippen LogP contribution < -0.4 is 5.32 Å². The van der Waals surface area contributed by atoms with Crippen molar-refractivity contribution in [2.24, 2.45) is 4.99 Å². The lowest BCUT2D eigenvalue weighted by molar-refractivity contribution is -0.167. The first-order valence-electron chi connectivity index (χ1n) is 8.00. The van der Waals surface area contributed by atoms with Crippen molar-refractivity contribution in [2.45, 2.75) is 57.7 Å². The molecule has 1 aliphatic heterocycles. The average molecular weight is 373 g/mol. The van der Waals surface area contributed by atoms with E-state index in [2.05, 4.69) is 10.3 Å². The first-order chi connectivity index (χ1) is 11.5. The van der Waals surface area contributed by atoms with Crippen LogP contribution in [-0.2, 0) is 4.87 Å². The molecule has 8 heteroatoms. The molecule has 4 nitrogen and oxygen atoms in total. The number of amidine groups is 1. The van der Waals surface area contributed by atoms with Gasteiger partial charge in [-0.15, -0.1) is 0 Å². The highest BCUT2D eigenvalue weighted by Gasteiger charge is 2.62. The smallest absolute Gasteiger partial charge is 0.311 e. The van der Waals surface area contributed by atoms with Crippen LogP contribution in [0.15, 0.2) is 29.3 Å². The molecule has 0 unspecified atom stereocenters. The Kier molecular flexibility index (Phi) is 5.41. The highest BCUT2D eigenvalue weighted by atomic mass is 32.2. The van der Waals surface area contributed by atoms with Gasteiger partial charge in [0.15, 0.2) is 5.17 Å². The molecule has 0 spiro atoms. The zero-order valence-electron chi connectivity index (χ0n) is 14.8. The molecule has 2 amide bonds. The van der Waals surface area contributed by atoms with Crippen molar-refractivity contribution in [2.75, 3.05) is 0 Å². The van der Waals surface area contributed by atoms with Crippen molar-refractivity contribution in [1.82, 2.24) is 10.2 Å². The van der Waals surface area contributed by atoms with Gasteiger partial charge in [0.25, 0.3) is 0 Å². The van der Waals surface area contributed by atoms with Crippen molar-refractivity contribution in [3.63, 3.8) is 0 Å². The molecule has 1 aromatic carbocycles. The summed E-state index contributed by atoms with van der Waals surface area (Å²) in [5.41, 5.74) is 0.817. The number of carbonyl (C=O) groups excluding carboxylic acids is 1. The zero-order valence-corrected chi connectivity index (χ0v) is 15.6. The molecular weight excluding hydrogens is 351 g/mol. The number of thioether (sulfide) groups is 1. The number of nitrogens with one attached hydrogen (secondary N) is 1. The molecular formula is C17H22F3N3OS. The van der Waals surface area contributed by atoms with Crippen LogP contribution >= 0.6 is 11.8 Å². The number of hydrogen-bond acceptors (Lipinski definition) is 3. The Morgan fingerprint density at radius 3 is 2.16 bits per heavy atom. The van der Waals surface area contributed by atoms with E-state index in [4.69, 9.17) is 0 Å². The predicted molar refractivity (Wildman–Crippen MR) is 94.6 cm³/mol. The Balaban J connectivity index is 2.62. The quantitative estimate of drug-likeness (QED) is 0.839. The third kappa shape index (κ3) is 3.78. The van der Waals surface area contributed by atoms with E-state index in [-0.39, 0.29) is 22.8 Å². The molecule has 0 bridgehead atoms. The van der Waals surface area contributed by atoms with Crippen molar-refractivity contribution >= 4 is 23.0 Å². The summed E-state index contributed by atoms with van der Waals surface area (Å²) in [5.74, 6) is 0. The second-order valence-electron chi connectivity index (χ2n) is 6.55. The molecule has 1 atom stereocenters. The summed E-state index contributed by atoms with van der Waals surface area (Å²) in [6.07, 6.45) is -4.69. The first kappa shape index (κ1) is 19.6. The topological polar surface area (TPSA) is 44.7 Å². The molecule has 138 valence electrons. The second-order valence-corrected chi connectivity index (χ2v) is 7.73. The number of aryl methyl sites for hydroxylation is 1. The van der Waals surface area contributed by atoms with Gasteiger partial charge in [-0.25, -0.2) is 4.79 Å². The third-order valence-electron chi connectivity index (χ3n) is 3.69. The Labute approximate surface area is 149 Å². The summed E-state index contributed by atoms with van der Waals surface area (Å²) in [4.78, 5) is 15.5. The van der Waals surface area contributed by atoms with Crippen LogP contribution in [0.25, 0.3) is 0 Å². The number of benzene rings is 1. The van der Waals surface area contributed by atoms with E-state index < -0.39 is 17.1 Å². The minimum atomic E-state index is -4.69. The number of amides is 2. The number of urea groups is 1. The highest BCUT2D eigenvalue weighted by molar-refractivity contribution is 8.14. The standard InChI is InChI=1S/C17H22F3N3OS/c1-10(2)21-15-23(11(3)4)14(24)22-16(25-15,17(18,19)20)13-8-6-12(5)7-9-13/h6-11H,1-5H3,(H,22,24)/t16-/m1/s1. The Morgan fingerprint density at radius 2 is 1.72 bits per heavy atom. The normalized spacial score (nSPS) is 23.5. The Hall–Kier alpha value is -1.70. The fraction of sp³-hybridized carbons (Fsp3) is 0.529. The molecule has 1 saturated heterocycles. The summed E-state index contributed by atoms with van der Waals surface area (Å²) >= 11 is 0.532. The lowest BCUT2D eigenvalue weighted by Crippen LogP contribution is -2.64. The van der Waals surface area contributed by atoms with Crippen LogP contribution in [-0.4, -0.2) is 34.4 Å². The summed E-state index contributed by atoms with van der Waals surface area (Å²) in [7, 11) is 0. The number of carbonyl (C=O) groups is 1. The van der Waals surface area contributed by atoms with Gasteiger partial charge < -0.3 is 5.32 Å². The molecule has 2 rings (SSSR count). The van der Waals surface area contributed by atoms with Gasteiger partial charge in [0.05, 0.1) is 0 Å². The number of halogens is 3. The molecule has 1 aromatic rings. The molecule has 1 N–H and O–H groups in total. The largest absolute Gasteiger partial charge is 0.425 e. The van der Waals surface area contributed by atoms with E-state index in [0.717, 1.165) is 5.56 Å². The van der Waals surface area contributed by atoms with E-state index in [9.17, 15) is 18.0 Å². The van der Waals surface area contributed by atoms with Crippen LogP contribution in [0.5, 0.6) is 0 Å². The van der Waals surface area contributed by atoms with Gasteiger partial charge in [0.1, 0.15) is 0 Å². The lowest BCUT2D eigenvalue weighted by Gasteiger charge is -2.44. The minimum absolute atomic E-state index is 0.0242. The fourth-order valence-corrected chi connectivity index (χ4v) is 3.92. The van der Waals surface area contributed by atoms with Crippen LogP contribution in [0.3, 0.4) is 0 Å². The molecule has 1 heterocycles. The summed E-state index contributed by atoms with van der Waals surface area (Å²) < 4.78 is 42.3.